The average molecular weight is 383 g/mol. The van der Waals surface area contributed by atoms with E-state index in [1.165, 1.54) is 42.5 Å². The van der Waals surface area contributed by atoms with Crippen LogP contribution in [0.4, 0.5) is 14.5 Å². The second kappa shape index (κ2) is 8.47. The fourth-order valence-electron chi connectivity index (χ4n) is 1.84. The number of hydrogen-bond donors (Lipinski definition) is 1. The molecule has 0 saturated carbocycles. The first-order valence-corrected chi connectivity index (χ1v) is 7.57. The Labute approximate surface area is 152 Å². The minimum Gasteiger partial charge on any atom is -0.435 e. The lowest BCUT2D eigenvalue weighted by Gasteiger charge is -2.07. The average Bonchev–Trinajstić information content (AvgIpc) is 2.56. The van der Waals surface area contributed by atoms with Gasteiger partial charge in [-0.1, -0.05) is 35.3 Å². The lowest BCUT2D eigenvalue weighted by molar-refractivity contribution is -0.112. The molecule has 0 spiro atoms. The molecule has 0 heterocycles. The summed E-state index contributed by atoms with van der Waals surface area (Å²) < 4.78 is 28.4. The first kappa shape index (κ1) is 18.7. The van der Waals surface area contributed by atoms with E-state index in [1.54, 1.807) is 12.1 Å². The Morgan fingerprint density at radius 3 is 2.44 bits per heavy atom. The van der Waals surface area contributed by atoms with Gasteiger partial charge in [0.25, 0.3) is 5.91 Å². The Kier molecular flexibility index (Phi) is 6.34. The number of nitriles is 1. The highest BCUT2D eigenvalue weighted by Crippen LogP contribution is 2.26. The molecule has 2 aromatic rings. The monoisotopic (exact) mass is 382 g/mol. The molecule has 0 atom stereocenters. The minimum absolute atomic E-state index is 0.0249. The predicted molar refractivity (Wildman–Crippen MR) is 91.8 cm³/mol. The van der Waals surface area contributed by atoms with Crippen LogP contribution >= 0.6 is 23.2 Å². The van der Waals surface area contributed by atoms with Crippen LogP contribution in [0.2, 0.25) is 10.0 Å². The number of nitrogens with one attached hydrogen (secondary N) is 1. The second-order valence-corrected chi connectivity index (χ2v) is 5.54. The summed E-state index contributed by atoms with van der Waals surface area (Å²) in [6.07, 6.45) is 1.31. The maximum Gasteiger partial charge on any atom is 0.387 e. The summed E-state index contributed by atoms with van der Waals surface area (Å²) in [7, 11) is 0. The summed E-state index contributed by atoms with van der Waals surface area (Å²) in [6, 6.07) is 11.8. The maximum atomic E-state index is 12.2. The molecule has 0 radical (unpaired) electrons. The van der Waals surface area contributed by atoms with Gasteiger partial charge in [-0.25, -0.2) is 0 Å². The van der Waals surface area contributed by atoms with E-state index in [4.69, 9.17) is 28.5 Å². The molecule has 0 fully saturated rings. The molecule has 8 heteroatoms. The molecule has 1 N–H and O–H groups in total. The maximum absolute atomic E-state index is 12.2. The number of rotatable bonds is 5. The molecule has 0 aliphatic rings. The molecule has 128 valence electrons. The Hall–Kier alpha value is -2.62. The number of carbonyl (C=O) groups excluding carboxylic acids is 1. The van der Waals surface area contributed by atoms with Gasteiger partial charge in [0.2, 0.25) is 0 Å². The molecule has 0 bridgehead atoms. The van der Waals surface area contributed by atoms with Gasteiger partial charge in [-0.15, -0.1) is 0 Å². The molecule has 0 saturated heterocycles. The predicted octanol–water partition coefficient (Wildman–Crippen LogP) is 5.14. The number of hydrogen-bond acceptors (Lipinski definition) is 3. The third kappa shape index (κ3) is 5.45. The zero-order chi connectivity index (χ0) is 18.4. The van der Waals surface area contributed by atoms with Crippen molar-refractivity contribution in [3.05, 3.63) is 63.6 Å². The number of benzene rings is 2. The quantitative estimate of drug-likeness (QED) is 0.575. The summed E-state index contributed by atoms with van der Waals surface area (Å²) in [5, 5.41) is 12.3. The number of nitrogens with zero attached hydrogens (tertiary/aromatic N) is 1. The van der Waals surface area contributed by atoms with Crippen molar-refractivity contribution in [2.75, 3.05) is 5.32 Å². The van der Waals surface area contributed by atoms with E-state index in [9.17, 15) is 13.6 Å². The molecule has 1 amide bonds. The molecule has 2 rings (SSSR count). The van der Waals surface area contributed by atoms with E-state index in [1.807, 2.05) is 0 Å². The van der Waals surface area contributed by atoms with Gasteiger partial charge in [0.15, 0.2) is 0 Å². The van der Waals surface area contributed by atoms with Gasteiger partial charge in [0.1, 0.15) is 17.4 Å². The Morgan fingerprint density at radius 1 is 1.20 bits per heavy atom. The second-order valence-electron chi connectivity index (χ2n) is 4.70. The third-order valence-corrected chi connectivity index (χ3v) is 3.51. The minimum atomic E-state index is -2.93. The van der Waals surface area contributed by atoms with Crippen molar-refractivity contribution in [2.45, 2.75) is 6.61 Å². The van der Waals surface area contributed by atoms with Crippen molar-refractivity contribution in [3.63, 3.8) is 0 Å². The highest BCUT2D eigenvalue weighted by atomic mass is 35.5. The summed E-state index contributed by atoms with van der Waals surface area (Å²) in [6.45, 7) is -2.93. The van der Waals surface area contributed by atoms with E-state index in [0.29, 0.717) is 16.3 Å². The van der Waals surface area contributed by atoms with Crippen LogP contribution in [-0.4, -0.2) is 12.5 Å². The number of ether oxygens (including phenoxy) is 1. The van der Waals surface area contributed by atoms with Crippen molar-refractivity contribution < 1.29 is 18.3 Å². The fraction of sp³-hybridized carbons (Fsp3) is 0.0588. The standard InChI is InChI=1S/C17H10Cl2F2N2O2/c18-12-3-6-15(14(19)8-12)23-16(24)11(9-22)7-10-1-4-13(5-2-10)25-17(20)21/h1-8,17H,(H,23,24)/b11-7+. The third-order valence-electron chi connectivity index (χ3n) is 2.96. The number of carbonyl (C=O) groups is 1. The Morgan fingerprint density at radius 2 is 1.88 bits per heavy atom. The number of alkyl halides is 2. The van der Waals surface area contributed by atoms with Crippen molar-refractivity contribution in [1.82, 2.24) is 0 Å². The fourth-order valence-corrected chi connectivity index (χ4v) is 2.30. The summed E-state index contributed by atoms with van der Waals surface area (Å²) >= 11 is 11.7. The Bertz CT molecular complexity index is 847. The lowest BCUT2D eigenvalue weighted by Crippen LogP contribution is -2.13. The number of amides is 1. The van der Waals surface area contributed by atoms with E-state index >= 15 is 0 Å². The van der Waals surface area contributed by atoms with Crippen LogP contribution in [-0.2, 0) is 4.79 Å². The van der Waals surface area contributed by atoms with Gasteiger partial charge in [-0.2, -0.15) is 14.0 Å². The lowest BCUT2D eigenvalue weighted by atomic mass is 10.1. The van der Waals surface area contributed by atoms with Crippen LogP contribution in [0.15, 0.2) is 48.0 Å². The van der Waals surface area contributed by atoms with Crippen molar-refractivity contribution in [3.8, 4) is 11.8 Å². The molecule has 4 nitrogen and oxygen atoms in total. The molecule has 0 aliphatic carbocycles. The topological polar surface area (TPSA) is 62.1 Å². The summed E-state index contributed by atoms with van der Waals surface area (Å²) in [5.74, 6) is -0.692. The summed E-state index contributed by atoms with van der Waals surface area (Å²) in [5.41, 5.74) is 0.585. The van der Waals surface area contributed by atoms with Gasteiger partial charge in [0.05, 0.1) is 10.7 Å². The van der Waals surface area contributed by atoms with Crippen LogP contribution in [0.25, 0.3) is 6.08 Å². The zero-order valence-corrected chi connectivity index (χ0v) is 14.0. The van der Waals surface area contributed by atoms with E-state index in [0.717, 1.165) is 0 Å². The number of halogens is 4. The number of anilines is 1. The summed E-state index contributed by atoms with van der Waals surface area (Å²) in [4.78, 5) is 12.2. The normalized spacial score (nSPS) is 11.1. The Balaban J connectivity index is 2.16. The molecular weight excluding hydrogens is 373 g/mol. The zero-order valence-electron chi connectivity index (χ0n) is 12.5. The molecule has 25 heavy (non-hydrogen) atoms. The van der Waals surface area contributed by atoms with Crippen molar-refractivity contribution >= 4 is 40.9 Å². The van der Waals surface area contributed by atoms with Gasteiger partial charge < -0.3 is 10.1 Å². The first-order valence-electron chi connectivity index (χ1n) is 6.82. The smallest absolute Gasteiger partial charge is 0.387 e. The highest BCUT2D eigenvalue weighted by Gasteiger charge is 2.12. The van der Waals surface area contributed by atoms with Gasteiger partial charge >= 0.3 is 6.61 Å². The highest BCUT2D eigenvalue weighted by molar-refractivity contribution is 6.36. The van der Waals surface area contributed by atoms with Crippen LogP contribution in [0, 0.1) is 11.3 Å². The van der Waals surface area contributed by atoms with Crippen LogP contribution in [0.3, 0.4) is 0 Å². The largest absolute Gasteiger partial charge is 0.435 e. The molecule has 0 aliphatic heterocycles. The van der Waals surface area contributed by atoms with Crippen molar-refractivity contribution in [2.24, 2.45) is 0 Å². The van der Waals surface area contributed by atoms with E-state index in [2.05, 4.69) is 10.1 Å². The molecule has 0 aromatic heterocycles. The van der Waals surface area contributed by atoms with Crippen molar-refractivity contribution in [1.29, 1.82) is 5.26 Å². The van der Waals surface area contributed by atoms with Gasteiger partial charge in [0, 0.05) is 5.02 Å². The van der Waals surface area contributed by atoms with Crippen LogP contribution < -0.4 is 10.1 Å². The molecule has 0 unspecified atom stereocenters. The van der Waals surface area contributed by atoms with Crippen LogP contribution in [0.1, 0.15) is 5.56 Å². The molecular formula is C17H10Cl2F2N2O2. The van der Waals surface area contributed by atoms with Crippen LogP contribution in [0.5, 0.6) is 5.75 Å². The van der Waals surface area contributed by atoms with Gasteiger partial charge in [-0.05, 0) is 42.0 Å². The SMILES string of the molecule is N#C/C(=C\c1ccc(OC(F)F)cc1)C(=O)Nc1ccc(Cl)cc1Cl. The van der Waals surface area contributed by atoms with E-state index < -0.39 is 12.5 Å². The van der Waals surface area contributed by atoms with Gasteiger partial charge in [-0.3, -0.25) is 4.79 Å². The molecule has 2 aromatic carbocycles. The van der Waals surface area contributed by atoms with E-state index in [-0.39, 0.29) is 16.3 Å². The first-order chi connectivity index (χ1) is 11.9.